The molecule has 1 rings (SSSR count). The van der Waals surface area contributed by atoms with Gasteiger partial charge in [-0.3, -0.25) is 0 Å². The van der Waals surface area contributed by atoms with Crippen LogP contribution in [0.5, 0.6) is 0 Å². The van der Waals surface area contributed by atoms with Crippen molar-refractivity contribution < 1.29 is 23.5 Å². The van der Waals surface area contributed by atoms with E-state index >= 15 is 0 Å². The van der Waals surface area contributed by atoms with Crippen LogP contribution in [-0.4, -0.2) is 23.1 Å². The molecule has 0 aliphatic heterocycles. The molecule has 5 nitrogen and oxygen atoms in total. The molecule has 0 aromatic heterocycles. The zero-order valence-corrected chi connectivity index (χ0v) is 9.61. The van der Waals surface area contributed by atoms with Crippen molar-refractivity contribution in [2.75, 3.05) is 5.32 Å². The number of carboxylic acid groups (broad SMARTS) is 1. The molecule has 0 fully saturated rings. The molecule has 0 bridgehead atoms. The second kappa shape index (κ2) is 6.35. The number of urea groups is 1. The zero-order valence-electron chi connectivity index (χ0n) is 9.61. The molecular formula is C12H10F2N2O3. The summed E-state index contributed by atoms with van der Waals surface area (Å²) in [4.78, 5) is 22.2. The summed E-state index contributed by atoms with van der Waals surface area (Å²) >= 11 is 0. The lowest BCUT2D eigenvalue weighted by Gasteiger charge is -2.12. The van der Waals surface area contributed by atoms with Crippen LogP contribution in [0.2, 0.25) is 0 Å². The molecule has 0 radical (unpaired) electrons. The number of benzene rings is 1. The van der Waals surface area contributed by atoms with Crippen molar-refractivity contribution in [2.45, 2.75) is 12.5 Å². The summed E-state index contributed by atoms with van der Waals surface area (Å²) in [6.45, 7) is 0. The van der Waals surface area contributed by atoms with Crippen LogP contribution in [-0.2, 0) is 4.79 Å². The monoisotopic (exact) mass is 268 g/mol. The number of aliphatic carboxylic acids is 1. The van der Waals surface area contributed by atoms with Crippen LogP contribution in [0, 0.1) is 24.0 Å². The standard InChI is InChI=1S/C12H10F2N2O3/c1-2-3-10(11(17)18)16-12(19)15-9-5-7(13)4-8(14)6-9/h1,4-6,10H,3H2,(H,17,18)(H2,15,16,19). The second-order valence-electron chi connectivity index (χ2n) is 3.56. The molecular weight excluding hydrogens is 258 g/mol. The Morgan fingerprint density at radius 2 is 1.89 bits per heavy atom. The Labute approximate surface area is 107 Å². The number of carbonyl (C=O) groups is 2. The van der Waals surface area contributed by atoms with Gasteiger partial charge in [-0.15, -0.1) is 12.3 Å². The third kappa shape index (κ3) is 4.63. The fraction of sp³-hybridized carbons (Fsp3) is 0.167. The Bertz CT molecular complexity index is 520. The first-order chi connectivity index (χ1) is 8.92. The first kappa shape index (κ1) is 14.4. The normalized spacial score (nSPS) is 11.2. The summed E-state index contributed by atoms with van der Waals surface area (Å²) < 4.78 is 25.7. The molecule has 0 saturated heterocycles. The van der Waals surface area contributed by atoms with Crippen LogP contribution in [0.25, 0.3) is 0 Å². The molecule has 0 aliphatic rings. The fourth-order valence-corrected chi connectivity index (χ4v) is 1.27. The van der Waals surface area contributed by atoms with Gasteiger partial charge in [0, 0.05) is 18.2 Å². The summed E-state index contributed by atoms with van der Waals surface area (Å²) in [7, 11) is 0. The summed E-state index contributed by atoms with van der Waals surface area (Å²) in [5.41, 5.74) is -0.139. The van der Waals surface area contributed by atoms with E-state index in [0.717, 1.165) is 12.1 Å². The molecule has 0 aliphatic carbocycles. The van der Waals surface area contributed by atoms with E-state index in [1.165, 1.54) is 0 Å². The van der Waals surface area contributed by atoms with Gasteiger partial charge >= 0.3 is 12.0 Å². The van der Waals surface area contributed by atoms with Gasteiger partial charge in [-0.1, -0.05) is 0 Å². The van der Waals surface area contributed by atoms with Crippen molar-refractivity contribution in [1.82, 2.24) is 5.32 Å². The number of terminal acetylenes is 1. The van der Waals surface area contributed by atoms with Crippen LogP contribution in [0.1, 0.15) is 6.42 Å². The van der Waals surface area contributed by atoms with Crippen molar-refractivity contribution in [3.63, 3.8) is 0 Å². The first-order valence-corrected chi connectivity index (χ1v) is 5.12. The molecule has 1 aromatic rings. The number of hydrogen-bond donors (Lipinski definition) is 3. The third-order valence-corrected chi connectivity index (χ3v) is 2.05. The molecule has 1 aromatic carbocycles. The van der Waals surface area contributed by atoms with E-state index in [4.69, 9.17) is 11.5 Å². The van der Waals surface area contributed by atoms with Crippen LogP contribution in [0.4, 0.5) is 19.3 Å². The van der Waals surface area contributed by atoms with E-state index in [9.17, 15) is 18.4 Å². The largest absolute Gasteiger partial charge is 0.480 e. The summed E-state index contributed by atoms with van der Waals surface area (Å²) in [6, 6.07) is 0.219. The van der Waals surface area contributed by atoms with Crippen LogP contribution >= 0.6 is 0 Å². The maximum atomic E-state index is 12.9. The highest BCUT2D eigenvalue weighted by molar-refractivity contribution is 5.92. The number of amides is 2. The first-order valence-electron chi connectivity index (χ1n) is 5.12. The van der Waals surface area contributed by atoms with Gasteiger partial charge in [-0.05, 0) is 12.1 Å². The highest BCUT2D eigenvalue weighted by atomic mass is 19.1. The summed E-state index contributed by atoms with van der Waals surface area (Å²) in [5.74, 6) is -0.948. The van der Waals surface area contributed by atoms with E-state index in [0.29, 0.717) is 6.07 Å². The Morgan fingerprint density at radius 3 is 2.37 bits per heavy atom. The van der Waals surface area contributed by atoms with Gasteiger partial charge in [0.15, 0.2) is 0 Å². The molecule has 7 heteroatoms. The van der Waals surface area contributed by atoms with Crippen molar-refractivity contribution >= 4 is 17.7 Å². The Balaban J connectivity index is 2.69. The highest BCUT2D eigenvalue weighted by Crippen LogP contribution is 2.12. The summed E-state index contributed by atoms with van der Waals surface area (Å²) in [5, 5.41) is 12.9. The van der Waals surface area contributed by atoms with Crippen molar-refractivity contribution in [3.8, 4) is 12.3 Å². The van der Waals surface area contributed by atoms with E-state index in [-0.39, 0.29) is 12.1 Å². The fourth-order valence-electron chi connectivity index (χ4n) is 1.27. The van der Waals surface area contributed by atoms with Crippen LogP contribution in [0.15, 0.2) is 18.2 Å². The highest BCUT2D eigenvalue weighted by Gasteiger charge is 2.18. The Morgan fingerprint density at radius 1 is 1.32 bits per heavy atom. The Hall–Kier alpha value is -2.62. The van der Waals surface area contributed by atoms with Gasteiger partial charge in [0.05, 0.1) is 0 Å². The maximum absolute atomic E-state index is 12.9. The molecule has 2 amide bonds. The number of rotatable bonds is 4. The van der Waals surface area contributed by atoms with Crippen molar-refractivity contribution in [2.24, 2.45) is 0 Å². The third-order valence-electron chi connectivity index (χ3n) is 2.05. The zero-order chi connectivity index (χ0) is 14.4. The molecule has 1 atom stereocenters. The summed E-state index contributed by atoms with van der Waals surface area (Å²) in [6.07, 6.45) is 4.74. The van der Waals surface area contributed by atoms with Gasteiger partial charge in [0.25, 0.3) is 0 Å². The predicted molar refractivity (Wildman–Crippen MR) is 63.4 cm³/mol. The number of hydrogen-bond acceptors (Lipinski definition) is 2. The number of nitrogens with one attached hydrogen (secondary N) is 2. The van der Waals surface area contributed by atoms with E-state index in [1.807, 2.05) is 0 Å². The lowest BCUT2D eigenvalue weighted by atomic mass is 10.2. The molecule has 0 spiro atoms. The number of halogens is 2. The maximum Gasteiger partial charge on any atom is 0.327 e. The van der Waals surface area contributed by atoms with E-state index in [1.54, 1.807) is 0 Å². The van der Waals surface area contributed by atoms with Gasteiger partial charge in [-0.25, -0.2) is 18.4 Å². The average molecular weight is 268 g/mol. The minimum absolute atomic E-state index is 0.139. The quantitative estimate of drug-likeness (QED) is 0.725. The molecule has 3 N–H and O–H groups in total. The van der Waals surface area contributed by atoms with Crippen molar-refractivity contribution in [3.05, 3.63) is 29.8 Å². The lowest BCUT2D eigenvalue weighted by Crippen LogP contribution is -2.42. The van der Waals surface area contributed by atoms with Gasteiger partial charge in [-0.2, -0.15) is 0 Å². The number of carbonyl (C=O) groups excluding carboxylic acids is 1. The van der Waals surface area contributed by atoms with Crippen LogP contribution < -0.4 is 10.6 Å². The predicted octanol–water partition coefficient (Wildman–Crippen LogP) is 1.56. The lowest BCUT2D eigenvalue weighted by molar-refractivity contribution is -0.139. The minimum atomic E-state index is -1.31. The van der Waals surface area contributed by atoms with E-state index < -0.39 is 29.7 Å². The molecule has 0 saturated carbocycles. The number of anilines is 1. The van der Waals surface area contributed by atoms with Gasteiger partial charge in [0.2, 0.25) is 0 Å². The Kier molecular flexibility index (Phi) is 4.83. The minimum Gasteiger partial charge on any atom is -0.480 e. The van der Waals surface area contributed by atoms with Crippen LogP contribution in [0.3, 0.4) is 0 Å². The SMILES string of the molecule is C#CCC(NC(=O)Nc1cc(F)cc(F)c1)C(=O)O. The second-order valence-corrected chi connectivity index (χ2v) is 3.56. The van der Waals surface area contributed by atoms with Gasteiger partial charge < -0.3 is 15.7 Å². The smallest absolute Gasteiger partial charge is 0.327 e. The molecule has 1 unspecified atom stereocenters. The average Bonchev–Trinajstić information content (AvgIpc) is 2.26. The van der Waals surface area contributed by atoms with Gasteiger partial charge in [0.1, 0.15) is 17.7 Å². The molecule has 100 valence electrons. The molecule has 0 heterocycles. The molecule has 19 heavy (non-hydrogen) atoms. The topological polar surface area (TPSA) is 78.4 Å². The van der Waals surface area contributed by atoms with E-state index in [2.05, 4.69) is 16.6 Å². The van der Waals surface area contributed by atoms with Crippen molar-refractivity contribution in [1.29, 1.82) is 0 Å². The number of carboxylic acids is 1.